The standard InChI is InChI=1S/C15H9BrFOS/c1-9-6-11(3-5-13(9)16)18-14-8-19-15-7-10(17)2-4-12(14)15/h2-7H,1H3. The summed E-state index contributed by atoms with van der Waals surface area (Å²) in [6.07, 6.45) is 0. The predicted octanol–water partition coefficient (Wildman–Crippen LogP) is 5.70. The van der Waals surface area contributed by atoms with E-state index in [1.54, 1.807) is 6.07 Å². The number of thiophene rings is 1. The maximum Gasteiger partial charge on any atom is 0.154 e. The number of benzene rings is 2. The van der Waals surface area contributed by atoms with Crippen molar-refractivity contribution in [3.63, 3.8) is 0 Å². The molecule has 2 aromatic carbocycles. The quantitative estimate of drug-likeness (QED) is 0.583. The van der Waals surface area contributed by atoms with E-state index in [-0.39, 0.29) is 5.82 Å². The van der Waals surface area contributed by atoms with Gasteiger partial charge < -0.3 is 4.74 Å². The fourth-order valence-corrected chi connectivity index (χ4v) is 2.84. The van der Waals surface area contributed by atoms with E-state index in [0.717, 1.165) is 25.9 Å². The van der Waals surface area contributed by atoms with Gasteiger partial charge in [0.15, 0.2) is 5.75 Å². The van der Waals surface area contributed by atoms with Crippen LogP contribution in [-0.4, -0.2) is 0 Å². The lowest BCUT2D eigenvalue weighted by molar-refractivity contribution is 0.488. The van der Waals surface area contributed by atoms with Gasteiger partial charge in [0.25, 0.3) is 0 Å². The van der Waals surface area contributed by atoms with Gasteiger partial charge in [-0.1, -0.05) is 15.9 Å². The highest BCUT2D eigenvalue weighted by molar-refractivity contribution is 9.10. The zero-order valence-electron chi connectivity index (χ0n) is 10.0. The molecule has 0 saturated carbocycles. The van der Waals surface area contributed by atoms with Crippen LogP contribution in [0.3, 0.4) is 0 Å². The van der Waals surface area contributed by atoms with Crippen molar-refractivity contribution in [2.24, 2.45) is 0 Å². The van der Waals surface area contributed by atoms with Gasteiger partial charge in [-0.2, -0.15) is 0 Å². The van der Waals surface area contributed by atoms with Crippen LogP contribution in [0.4, 0.5) is 4.39 Å². The van der Waals surface area contributed by atoms with Crippen molar-refractivity contribution in [1.82, 2.24) is 0 Å². The monoisotopic (exact) mass is 335 g/mol. The summed E-state index contributed by atoms with van der Waals surface area (Å²) in [5, 5.41) is 3.95. The maximum atomic E-state index is 13.1. The minimum absolute atomic E-state index is 0.242. The number of halogens is 2. The fourth-order valence-electron chi connectivity index (χ4n) is 1.80. The highest BCUT2D eigenvalue weighted by Gasteiger charge is 2.08. The van der Waals surface area contributed by atoms with Gasteiger partial charge in [0.1, 0.15) is 11.6 Å². The first kappa shape index (κ1) is 12.6. The summed E-state index contributed by atoms with van der Waals surface area (Å²) in [6, 6.07) is 10.4. The summed E-state index contributed by atoms with van der Waals surface area (Å²) in [5.74, 6) is 1.15. The largest absolute Gasteiger partial charge is 0.455 e. The number of fused-ring (bicyclic) bond motifs is 1. The molecule has 19 heavy (non-hydrogen) atoms. The van der Waals surface area contributed by atoms with Crippen LogP contribution in [0.25, 0.3) is 10.1 Å². The zero-order valence-corrected chi connectivity index (χ0v) is 12.4. The van der Waals surface area contributed by atoms with E-state index in [1.807, 2.05) is 25.1 Å². The number of aryl methyl sites for hydroxylation is 1. The first-order valence-electron chi connectivity index (χ1n) is 5.67. The molecule has 0 spiro atoms. The van der Waals surface area contributed by atoms with Crippen molar-refractivity contribution in [3.05, 3.63) is 57.6 Å². The van der Waals surface area contributed by atoms with Gasteiger partial charge in [-0.25, -0.2) is 4.39 Å². The second-order valence-electron chi connectivity index (χ2n) is 4.19. The normalized spacial score (nSPS) is 10.9. The second kappa shape index (κ2) is 4.94. The van der Waals surface area contributed by atoms with Crippen LogP contribution < -0.4 is 4.74 Å². The highest BCUT2D eigenvalue weighted by atomic mass is 79.9. The predicted molar refractivity (Wildman–Crippen MR) is 79.6 cm³/mol. The molecule has 3 rings (SSSR count). The second-order valence-corrected chi connectivity index (χ2v) is 5.89. The maximum absolute atomic E-state index is 13.1. The van der Waals surface area contributed by atoms with E-state index in [9.17, 15) is 4.39 Å². The SMILES string of the molecule is Cc1cc(Oc2[c]sc3cc(F)ccc23)ccc1Br. The van der Waals surface area contributed by atoms with Gasteiger partial charge in [0, 0.05) is 14.6 Å². The molecular formula is C15H9BrFOS. The molecule has 1 nitrogen and oxygen atoms in total. The van der Waals surface area contributed by atoms with E-state index in [0.29, 0.717) is 5.75 Å². The molecule has 0 fully saturated rings. The smallest absolute Gasteiger partial charge is 0.154 e. The molecule has 0 N–H and O–H groups in total. The van der Waals surface area contributed by atoms with Crippen LogP contribution in [0, 0.1) is 18.1 Å². The van der Waals surface area contributed by atoms with Crippen LogP contribution in [0.5, 0.6) is 11.5 Å². The van der Waals surface area contributed by atoms with Gasteiger partial charge in [-0.05, 0) is 48.9 Å². The number of ether oxygens (including phenoxy) is 1. The Morgan fingerprint density at radius 2 is 2.05 bits per heavy atom. The summed E-state index contributed by atoms with van der Waals surface area (Å²) < 4.78 is 20.8. The average molecular weight is 336 g/mol. The van der Waals surface area contributed by atoms with Crippen LogP contribution >= 0.6 is 27.3 Å². The van der Waals surface area contributed by atoms with Crippen molar-refractivity contribution >= 4 is 37.4 Å². The summed E-state index contributed by atoms with van der Waals surface area (Å²) in [7, 11) is 0. The Morgan fingerprint density at radius 1 is 1.21 bits per heavy atom. The molecule has 1 aromatic heterocycles. The van der Waals surface area contributed by atoms with Gasteiger partial charge >= 0.3 is 0 Å². The van der Waals surface area contributed by atoms with Gasteiger partial charge in [-0.3, -0.25) is 0 Å². The zero-order chi connectivity index (χ0) is 13.4. The van der Waals surface area contributed by atoms with Crippen molar-refractivity contribution in [2.45, 2.75) is 6.92 Å². The molecule has 0 atom stereocenters. The molecule has 0 aliphatic rings. The number of hydrogen-bond acceptors (Lipinski definition) is 2. The Kier molecular flexibility index (Phi) is 3.29. The topological polar surface area (TPSA) is 9.23 Å². The first-order chi connectivity index (χ1) is 9.13. The minimum atomic E-state index is -0.242. The summed E-state index contributed by atoms with van der Waals surface area (Å²) in [4.78, 5) is 0. The van der Waals surface area contributed by atoms with Crippen molar-refractivity contribution in [3.8, 4) is 11.5 Å². The lowest BCUT2D eigenvalue weighted by atomic mass is 10.2. The molecule has 0 amide bonds. The van der Waals surface area contributed by atoms with E-state index < -0.39 is 0 Å². The van der Waals surface area contributed by atoms with Crippen molar-refractivity contribution in [2.75, 3.05) is 0 Å². The number of hydrogen-bond donors (Lipinski definition) is 0. The Balaban J connectivity index is 1.98. The Hall–Kier alpha value is -1.39. The van der Waals surface area contributed by atoms with Crippen molar-refractivity contribution in [1.29, 1.82) is 0 Å². The van der Waals surface area contributed by atoms with Crippen molar-refractivity contribution < 1.29 is 9.13 Å². The Bertz CT molecular complexity index is 751. The summed E-state index contributed by atoms with van der Waals surface area (Å²) in [6.45, 7) is 2.00. The molecular weight excluding hydrogens is 327 g/mol. The van der Waals surface area contributed by atoms with E-state index >= 15 is 0 Å². The molecule has 95 valence electrons. The van der Waals surface area contributed by atoms with E-state index in [4.69, 9.17) is 4.74 Å². The first-order valence-corrected chi connectivity index (χ1v) is 7.28. The molecule has 0 unspecified atom stereocenters. The molecule has 4 heteroatoms. The fraction of sp³-hybridized carbons (Fsp3) is 0.0667. The third-order valence-corrected chi connectivity index (χ3v) is 4.53. The van der Waals surface area contributed by atoms with E-state index in [1.165, 1.54) is 23.5 Å². The molecule has 0 saturated heterocycles. The average Bonchev–Trinajstić information content (AvgIpc) is 2.76. The summed E-state index contributed by atoms with van der Waals surface area (Å²) >= 11 is 4.81. The lowest BCUT2D eigenvalue weighted by Gasteiger charge is -2.06. The van der Waals surface area contributed by atoms with Crippen LogP contribution in [0.15, 0.2) is 40.9 Å². The molecule has 0 aliphatic carbocycles. The number of rotatable bonds is 2. The Morgan fingerprint density at radius 3 is 2.84 bits per heavy atom. The summed E-state index contributed by atoms with van der Waals surface area (Å²) in [5.41, 5.74) is 1.10. The molecule has 3 aromatic rings. The molecule has 0 aliphatic heterocycles. The van der Waals surface area contributed by atoms with Gasteiger partial charge in [0.05, 0.1) is 5.38 Å². The molecule has 0 bridgehead atoms. The molecule has 1 heterocycles. The highest BCUT2D eigenvalue weighted by Crippen LogP contribution is 2.35. The van der Waals surface area contributed by atoms with E-state index in [2.05, 4.69) is 21.3 Å². The van der Waals surface area contributed by atoms with Crippen LogP contribution in [0.1, 0.15) is 5.56 Å². The minimum Gasteiger partial charge on any atom is -0.455 e. The van der Waals surface area contributed by atoms with Crippen LogP contribution in [0.2, 0.25) is 0 Å². The molecule has 1 radical (unpaired) electrons. The van der Waals surface area contributed by atoms with Gasteiger partial charge in [0.2, 0.25) is 0 Å². The lowest BCUT2D eigenvalue weighted by Crippen LogP contribution is -1.84. The Labute approximate surface area is 122 Å². The van der Waals surface area contributed by atoms with Gasteiger partial charge in [-0.15, -0.1) is 11.3 Å². The third-order valence-electron chi connectivity index (χ3n) is 2.79. The van der Waals surface area contributed by atoms with Crippen LogP contribution in [-0.2, 0) is 0 Å². The third kappa shape index (κ3) is 2.51.